The van der Waals surface area contributed by atoms with Gasteiger partial charge in [-0.3, -0.25) is 4.79 Å². The maximum Gasteiger partial charge on any atom is 0.320 e. The fourth-order valence-electron chi connectivity index (χ4n) is 1.83. The predicted octanol–water partition coefficient (Wildman–Crippen LogP) is -0.668. The van der Waals surface area contributed by atoms with Gasteiger partial charge in [0.2, 0.25) is 10.0 Å². The minimum atomic E-state index is -3.66. The third-order valence-corrected chi connectivity index (χ3v) is 3.96. The van der Waals surface area contributed by atoms with Crippen LogP contribution in [0.2, 0.25) is 0 Å². The Bertz CT molecular complexity index is 341. The molecule has 94 valence electrons. The van der Waals surface area contributed by atoms with Crippen molar-refractivity contribution in [3.05, 3.63) is 0 Å². The van der Waals surface area contributed by atoms with Gasteiger partial charge in [0.05, 0.1) is 0 Å². The molecule has 1 rings (SSSR count). The van der Waals surface area contributed by atoms with Crippen LogP contribution in [-0.2, 0) is 14.8 Å². The number of nitrogens with zero attached hydrogens (tertiary/aromatic N) is 1. The summed E-state index contributed by atoms with van der Waals surface area (Å²) in [5.74, 6) is -1.88. The number of nitrogens with one attached hydrogen (secondary N) is 1. The molecule has 2 N–H and O–H groups in total. The zero-order valence-electron chi connectivity index (χ0n) is 9.35. The lowest BCUT2D eigenvalue weighted by Crippen LogP contribution is -2.34. The Morgan fingerprint density at radius 2 is 2.25 bits per heavy atom. The standard InChI is InChI=1S/C9H18N2O4S/c1-2-11-4-3-8(6-11)5-10-16(14,15)7-9(12)13/h8,10H,2-7H2,1H3,(H,12,13). The number of aliphatic carboxylic acids is 1. The summed E-state index contributed by atoms with van der Waals surface area (Å²) in [4.78, 5) is 12.5. The average molecular weight is 250 g/mol. The Morgan fingerprint density at radius 1 is 1.56 bits per heavy atom. The molecule has 0 saturated carbocycles. The Kier molecular flexibility index (Phi) is 4.69. The van der Waals surface area contributed by atoms with Crippen molar-refractivity contribution in [1.29, 1.82) is 0 Å². The maximum absolute atomic E-state index is 11.2. The van der Waals surface area contributed by atoms with Gasteiger partial charge < -0.3 is 10.0 Å². The number of likely N-dealkylation sites (tertiary alicyclic amines) is 1. The van der Waals surface area contributed by atoms with E-state index in [0.29, 0.717) is 12.5 Å². The van der Waals surface area contributed by atoms with Gasteiger partial charge in [-0.1, -0.05) is 6.92 Å². The van der Waals surface area contributed by atoms with Crippen LogP contribution in [0.4, 0.5) is 0 Å². The third-order valence-electron chi connectivity index (χ3n) is 2.72. The van der Waals surface area contributed by atoms with E-state index in [1.54, 1.807) is 0 Å². The lowest BCUT2D eigenvalue weighted by Gasteiger charge is -2.13. The van der Waals surface area contributed by atoms with E-state index in [9.17, 15) is 13.2 Å². The number of carbonyl (C=O) groups is 1. The second-order valence-corrected chi connectivity index (χ2v) is 5.86. The molecule has 1 unspecified atom stereocenters. The molecule has 7 heteroatoms. The van der Waals surface area contributed by atoms with Crippen LogP contribution < -0.4 is 4.72 Å². The summed E-state index contributed by atoms with van der Waals surface area (Å²) in [6.45, 7) is 5.25. The van der Waals surface area contributed by atoms with E-state index in [-0.39, 0.29) is 0 Å². The molecule has 0 aromatic carbocycles. The van der Waals surface area contributed by atoms with Crippen molar-refractivity contribution in [2.24, 2.45) is 5.92 Å². The molecule has 6 nitrogen and oxygen atoms in total. The first-order valence-corrected chi connectivity index (χ1v) is 6.99. The summed E-state index contributed by atoms with van der Waals surface area (Å²) in [5, 5.41) is 8.39. The van der Waals surface area contributed by atoms with E-state index in [1.807, 2.05) is 0 Å². The Morgan fingerprint density at radius 3 is 2.75 bits per heavy atom. The van der Waals surface area contributed by atoms with Gasteiger partial charge in [-0.2, -0.15) is 0 Å². The summed E-state index contributed by atoms with van der Waals surface area (Å²) < 4.78 is 24.8. The smallest absolute Gasteiger partial charge is 0.320 e. The van der Waals surface area contributed by atoms with Crippen molar-refractivity contribution in [3.8, 4) is 0 Å². The molecule has 0 bridgehead atoms. The van der Waals surface area contributed by atoms with Gasteiger partial charge in [0.1, 0.15) is 0 Å². The first kappa shape index (κ1) is 13.4. The highest BCUT2D eigenvalue weighted by atomic mass is 32.2. The molecule has 0 aromatic rings. The van der Waals surface area contributed by atoms with Crippen molar-refractivity contribution in [2.45, 2.75) is 13.3 Å². The van der Waals surface area contributed by atoms with Crippen LogP contribution in [0.5, 0.6) is 0 Å². The molecule has 16 heavy (non-hydrogen) atoms. The molecule has 0 radical (unpaired) electrons. The molecule has 1 fully saturated rings. The van der Waals surface area contributed by atoms with Gasteiger partial charge in [0, 0.05) is 13.1 Å². The molecule has 0 aromatic heterocycles. The zero-order valence-corrected chi connectivity index (χ0v) is 10.2. The van der Waals surface area contributed by atoms with E-state index in [1.165, 1.54) is 0 Å². The maximum atomic E-state index is 11.2. The fraction of sp³-hybridized carbons (Fsp3) is 0.889. The molecule has 1 aliphatic rings. The number of hydrogen-bond donors (Lipinski definition) is 2. The number of sulfonamides is 1. The number of hydrogen-bond acceptors (Lipinski definition) is 4. The summed E-state index contributed by atoms with van der Waals surface area (Å²) >= 11 is 0. The first-order valence-electron chi connectivity index (χ1n) is 5.34. The van der Waals surface area contributed by atoms with E-state index in [4.69, 9.17) is 5.11 Å². The van der Waals surface area contributed by atoms with Crippen molar-refractivity contribution in [1.82, 2.24) is 9.62 Å². The third kappa shape index (κ3) is 4.46. The SMILES string of the molecule is CCN1CCC(CNS(=O)(=O)CC(=O)O)C1. The first-order chi connectivity index (χ1) is 7.43. The van der Waals surface area contributed by atoms with Crippen LogP contribution in [0.15, 0.2) is 0 Å². The average Bonchev–Trinajstić information content (AvgIpc) is 2.60. The van der Waals surface area contributed by atoms with Crippen LogP contribution in [0, 0.1) is 5.92 Å². The fourth-order valence-corrected chi connectivity index (χ4v) is 2.74. The Labute approximate surface area is 95.7 Å². The van der Waals surface area contributed by atoms with Gasteiger partial charge in [-0.15, -0.1) is 0 Å². The monoisotopic (exact) mass is 250 g/mol. The number of rotatable bonds is 6. The van der Waals surface area contributed by atoms with Crippen LogP contribution in [-0.4, -0.2) is 56.3 Å². The Balaban J connectivity index is 2.32. The normalized spacial score (nSPS) is 22.4. The summed E-state index contributed by atoms with van der Waals surface area (Å²) in [6, 6.07) is 0. The molecule has 0 amide bonds. The molecule has 1 aliphatic heterocycles. The lowest BCUT2D eigenvalue weighted by atomic mass is 10.1. The van der Waals surface area contributed by atoms with Crippen molar-refractivity contribution in [3.63, 3.8) is 0 Å². The van der Waals surface area contributed by atoms with Crippen LogP contribution in [0.25, 0.3) is 0 Å². The minimum Gasteiger partial charge on any atom is -0.480 e. The highest BCUT2D eigenvalue weighted by Gasteiger charge is 2.23. The minimum absolute atomic E-state index is 0.295. The lowest BCUT2D eigenvalue weighted by molar-refractivity contribution is -0.134. The molecular formula is C9H18N2O4S. The number of carboxylic acid groups (broad SMARTS) is 1. The topological polar surface area (TPSA) is 86.7 Å². The second-order valence-electron chi connectivity index (χ2n) is 4.05. The van der Waals surface area contributed by atoms with Gasteiger partial charge in [0.25, 0.3) is 0 Å². The van der Waals surface area contributed by atoms with E-state index >= 15 is 0 Å². The molecular weight excluding hydrogens is 232 g/mol. The largest absolute Gasteiger partial charge is 0.480 e. The molecule has 1 heterocycles. The van der Waals surface area contributed by atoms with E-state index in [2.05, 4.69) is 16.5 Å². The van der Waals surface area contributed by atoms with Crippen LogP contribution >= 0.6 is 0 Å². The molecule has 0 aliphatic carbocycles. The van der Waals surface area contributed by atoms with Gasteiger partial charge in [-0.25, -0.2) is 13.1 Å². The quantitative estimate of drug-likeness (QED) is 0.653. The predicted molar refractivity (Wildman–Crippen MR) is 59.6 cm³/mol. The highest BCUT2D eigenvalue weighted by molar-refractivity contribution is 7.90. The van der Waals surface area contributed by atoms with Gasteiger partial charge in [-0.05, 0) is 25.4 Å². The van der Waals surface area contributed by atoms with E-state index in [0.717, 1.165) is 26.1 Å². The van der Waals surface area contributed by atoms with Gasteiger partial charge >= 0.3 is 5.97 Å². The van der Waals surface area contributed by atoms with Crippen molar-refractivity contribution >= 4 is 16.0 Å². The second kappa shape index (κ2) is 5.60. The highest BCUT2D eigenvalue weighted by Crippen LogP contribution is 2.14. The molecule has 0 spiro atoms. The van der Waals surface area contributed by atoms with Crippen LogP contribution in [0.3, 0.4) is 0 Å². The summed E-state index contributed by atoms with van der Waals surface area (Å²) in [7, 11) is -3.66. The molecule has 1 saturated heterocycles. The van der Waals surface area contributed by atoms with Crippen LogP contribution in [0.1, 0.15) is 13.3 Å². The Hall–Kier alpha value is -0.660. The number of carboxylic acids is 1. The van der Waals surface area contributed by atoms with Gasteiger partial charge in [0.15, 0.2) is 5.75 Å². The summed E-state index contributed by atoms with van der Waals surface area (Å²) in [6.07, 6.45) is 0.962. The van der Waals surface area contributed by atoms with Crippen molar-refractivity contribution < 1.29 is 18.3 Å². The molecule has 1 atom stereocenters. The zero-order chi connectivity index (χ0) is 12.2. The summed E-state index contributed by atoms with van der Waals surface area (Å²) in [5.41, 5.74) is 0. The van der Waals surface area contributed by atoms with Crippen molar-refractivity contribution in [2.75, 3.05) is 31.9 Å². The van der Waals surface area contributed by atoms with E-state index < -0.39 is 21.7 Å².